The van der Waals surface area contributed by atoms with Crippen LogP contribution in [0.5, 0.6) is 115 Å². The SMILES string of the molecule is CC(=O)Oc1cc(OC(C)=O)cc(Oc2c(OC(C)=O)cc(Oc3c(Oc4c(OC(C)=O)cc(Oc5c(OC(C)=O)cc(OC(C)=O)cc5OC(C)=O)cc4OC(C)=O)cc(OC(C)=O)c(OC(C)=O)c3OC(C)=O)cc2OC(C)=O)c1. The first-order chi connectivity index (χ1) is 38.4. The van der Waals surface area contributed by atoms with Crippen molar-refractivity contribution in [2.45, 2.75) is 83.1 Å². The van der Waals surface area contributed by atoms with Gasteiger partial charge in [-0.3, -0.25) is 57.5 Å². The van der Waals surface area contributed by atoms with Gasteiger partial charge in [0.05, 0.1) is 0 Å². The van der Waals surface area contributed by atoms with Gasteiger partial charge in [-0.15, -0.1) is 0 Å². The molecular weight excluding hydrogens is 1100 g/mol. The Labute approximate surface area is 462 Å². The third-order valence-corrected chi connectivity index (χ3v) is 8.88. The Hall–Kier alpha value is -11.1. The van der Waals surface area contributed by atoms with Crippen molar-refractivity contribution in [1.29, 1.82) is 0 Å². The molecule has 0 aromatic heterocycles. The topological polar surface area (TPSA) is 353 Å². The van der Waals surface area contributed by atoms with Gasteiger partial charge in [-0.25, -0.2) is 0 Å². The van der Waals surface area contributed by atoms with E-state index >= 15 is 0 Å². The zero-order valence-corrected chi connectivity index (χ0v) is 45.2. The summed E-state index contributed by atoms with van der Waals surface area (Å²) in [4.78, 5) is 150. The number of carbonyl (C=O) groups is 12. The Balaban J connectivity index is 1.87. The van der Waals surface area contributed by atoms with Gasteiger partial charge in [-0.2, -0.15) is 0 Å². The molecule has 0 atom stereocenters. The van der Waals surface area contributed by atoms with Crippen LogP contribution < -0.4 is 75.8 Å². The largest absolute Gasteiger partial charge is 0.449 e. The van der Waals surface area contributed by atoms with E-state index in [1.165, 1.54) is 0 Å². The van der Waals surface area contributed by atoms with E-state index in [9.17, 15) is 57.5 Å². The first-order valence-corrected chi connectivity index (χ1v) is 23.3. The summed E-state index contributed by atoms with van der Waals surface area (Å²) in [5, 5.41) is 0. The summed E-state index contributed by atoms with van der Waals surface area (Å²) in [6.45, 7) is 11.7. The van der Waals surface area contributed by atoms with Crippen LogP contribution in [0.15, 0.2) is 60.7 Å². The first kappa shape index (κ1) is 61.8. The smallest absolute Gasteiger partial charge is 0.308 e. The van der Waals surface area contributed by atoms with Crippen molar-refractivity contribution in [1.82, 2.24) is 0 Å². The number of ether oxygens (including phenoxy) is 16. The van der Waals surface area contributed by atoms with E-state index in [1.54, 1.807) is 0 Å². The van der Waals surface area contributed by atoms with Crippen molar-refractivity contribution in [3.05, 3.63) is 60.7 Å². The Bertz CT molecular complexity index is 3330. The molecule has 5 rings (SSSR count). The molecule has 28 nitrogen and oxygen atoms in total. The number of hydrogen-bond acceptors (Lipinski definition) is 28. The number of hydrogen-bond donors (Lipinski definition) is 0. The molecule has 0 N–H and O–H groups in total. The van der Waals surface area contributed by atoms with Crippen molar-refractivity contribution in [2.24, 2.45) is 0 Å². The van der Waals surface area contributed by atoms with Gasteiger partial charge in [0.25, 0.3) is 0 Å². The minimum absolute atomic E-state index is 0.208. The third kappa shape index (κ3) is 18.0. The van der Waals surface area contributed by atoms with E-state index in [-0.39, 0.29) is 23.0 Å². The van der Waals surface area contributed by atoms with Gasteiger partial charge in [0, 0.05) is 144 Å². The summed E-state index contributed by atoms with van der Waals surface area (Å²) in [6.07, 6.45) is 0. The maximum atomic E-state index is 13.0. The lowest BCUT2D eigenvalue weighted by Crippen LogP contribution is -2.12. The van der Waals surface area contributed by atoms with Crippen LogP contribution >= 0.6 is 0 Å². The number of rotatable bonds is 20. The Morgan fingerprint density at radius 2 is 0.390 bits per heavy atom. The lowest BCUT2D eigenvalue weighted by Gasteiger charge is -2.23. The van der Waals surface area contributed by atoms with E-state index in [1.807, 2.05) is 0 Å². The second kappa shape index (κ2) is 27.0. The lowest BCUT2D eigenvalue weighted by molar-refractivity contribution is -0.135. The van der Waals surface area contributed by atoms with Gasteiger partial charge < -0.3 is 75.8 Å². The average Bonchev–Trinajstić information content (AvgIpc) is 2.60. The quantitative estimate of drug-likeness (QED) is 0.0526. The second-order valence-electron chi connectivity index (χ2n) is 16.3. The molecule has 0 aliphatic rings. The lowest BCUT2D eigenvalue weighted by atomic mass is 10.2. The summed E-state index contributed by atoms with van der Waals surface area (Å²) in [6, 6.07) is 10.0. The highest BCUT2D eigenvalue weighted by atomic mass is 16.6. The number of carbonyl (C=O) groups excluding carboxylic acids is 12. The fourth-order valence-electron chi connectivity index (χ4n) is 6.66. The molecule has 0 saturated carbocycles. The molecular formula is C54H46O28. The molecule has 0 saturated heterocycles. The fourth-order valence-corrected chi connectivity index (χ4v) is 6.66. The van der Waals surface area contributed by atoms with Crippen molar-refractivity contribution in [2.75, 3.05) is 0 Å². The fraction of sp³-hybridized carbons (Fsp3) is 0.222. The van der Waals surface area contributed by atoms with E-state index in [4.69, 9.17) is 75.8 Å². The summed E-state index contributed by atoms with van der Waals surface area (Å²) < 4.78 is 89.0. The van der Waals surface area contributed by atoms with Crippen LogP contribution in [0.1, 0.15) is 83.1 Å². The minimum Gasteiger partial charge on any atom is -0.449 e. The summed E-state index contributed by atoms with van der Waals surface area (Å²) in [7, 11) is 0. The monoisotopic (exact) mass is 1140 g/mol. The second-order valence-corrected chi connectivity index (χ2v) is 16.3. The van der Waals surface area contributed by atoms with Crippen LogP contribution in [0.2, 0.25) is 0 Å². The zero-order chi connectivity index (χ0) is 60.9. The molecule has 28 heteroatoms. The molecule has 0 unspecified atom stereocenters. The maximum absolute atomic E-state index is 13.0. The van der Waals surface area contributed by atoms with E-state index in [2.05, 4.69) is 0 Å². The predicted molar refractivity (Wildman–Crippen MR) is 268 cm³/mol. The van der Waals surface area contributed by atoms with Gasteiger partial charge in [-0.05, 0) is 0 Å². The zero-order valence-electron chi connectivity index (χ0n) is 45.2. The van der Waals surface area contributed by atoms with Crippen LogP contribution in [-0.2, 0) is 57.5 Å². The predicted octanol–water partition coefficient (Wildman–Crippen LogP) is 7.96. The summed E-state index contributed by atoms with van der Waals surface area (Å²) in [5.41, 5.74) is 0. The van der Waals surface area contributed by atoms with Crippen molar-refractivity contribution < 1.29 is 133 Å². The Morgan fingerprint density at radius 1 is 0.183 bits per heavy atom. The first-order valence-electron chi connectivity index (χ1n) is 23.3. The van der Waals surface area contributed by atoms with Crippen molar-refractivity contribution in [3.63, 3.8) is 0 Å². The maximum Gasteiger partial charge on any atom is 0.308 e. The van der Waals surface area contributed by atoms with Crippen LogP contribution in [0, 0.1) is 0 Å². The minimum atomic E-state index is -1.16. The number of esters is 12. The van der Waals surface area contributed by atoms with E-state index in [0.717, 1.165) is 144 Å². The van der Waals surface area contributed by atoms with Crippen molar-refractivity contribution in [3.8, 4) is 115 Å². The van der Waals surface area contributed by atoms with Crippen molar-refractivity contribution >= 4 is 71.6 Å². The molecule has 0 aliphatic heterocycles. The van der Waals surface area contributed by atoms with E-state index < -0.39 is 164 Å². The van der Waals surface area contributed by atoms with Crippen LogP contribution in [0.3, 0.4) is 0 Å². The Morgan fingerprint density at radius 3 is 0.683 bits per heavy atom. The normalized spacial score (nSPS) is 10.3. The number of benzene rings is 5. The highest BCUT2D eigenvalue weighted by Gasteiger charge is 2.33. The van der Waals surface area contributed by atoms with Crippen LogP contribution in [-0.4, -0.2) is 71.6 Å². The highest BCUT2D eigenvalue weighted by molar-refractivity contribution is 5.84. The van der Waals surface area contributed by atoms with Gasteiger partial charge in [0.15, 0.2) is 46.0 Å². The molecule has 5 aromatic carbocycles. The van der Waals surface area contributed by atoms with Gasteiger partial charge in [0.2, 0.25) is 34.5 Å². The van der Waals surface area contributed by atoms with Gasteiger partial charge in [0.1, 0.15) is 34.5 Å². The molecule has 5 aromatic rings. The standard InChI is InChI=1S/C54H46O28/c1-23(55)67-35-13-36(68-24(2)56)15-37(14-35)79-49-43(72-28(6)60)20-40(21-44(49)73-29(7)61)81-53-48(22-47(76-32(10)64)52(77-33(11)65)54(53)78-34(12)66)82-51-45(74-30(8)62)18-39(19-46(51)75-31(9)63)80-50-41(70-26(4)58)16-38(69-25(3)57)17-42(50)71-27(5)59/h13-22H,1-12H3. The molecule has 0 radical (unpaired) electrons. The molecule has 0 amide bonds. The molecule has 0 bridgehead atoms. The summed E-state index contributed by atoms with van der Waals surface area (Å²) in [5.74, 6) is -23.5. The molecule has 0 aliphatic carbocycles. The van der Waals surface area contributed by atoms with Gasteiger partial charge >= 0.3 is 71.6 Å². The molecule has 0 fully saturated rings. The summed E-state index contributed by atoms with van der Waals surface area (Å²) >= 11 is 0. The van der Waals surface area contributed by atoms with E-state index in [0.29, 0.717) is 0 Å². The molecule has 0 heterocycles. The van der Waals surface area contributed by atoms with Gasteiger partial charge in [-0.1, -0.05) is 0 Å². The third-order valence-electron chi connectivity index (χ3n) is 8.88. The van der Waals surface area contributed by atoms with Crippen LogP contribution in [0.4, 0.5) is 0 Å². The molecule has 0 spiro atoms. The molecule has 82 heavy (non-hydrogen) atoms. The Kier molecular flexibility index (Phi) is 20.4. The average molecular weight is 1140 g/mol. The highest BCUT2D eigenvalue weighted by Crippen LogP contribution is 2.57. The van der Waals surface area contributed by atoms with Crippen LogP contribution in [0.25, 0.3) is 0 Å². The molecule has 430 valence electrons.